The van der Waals surface area contributed by atoms with Gasteiger partial charge >= 0.3 is 5.97 Å². The van der Waals surface area contributed by atoms with E-state index < -0.39 is 12.1 Å². The number of ether oxygens (including phenoxy) is 1. The highest BCUT2D eigenvalue weighted by Gasteiger charge is 2.28. The van der Waals surface area contributed by atoms with Gasteiger partial charge in [-0.1, -0.05) is 78.3 Å². The van der Waals surface area contributed by atoms with Crippen LogP contribution in [0.4, 0.5) is 0 Å². The summed E-state index contributed by atoms with van der Waals surface area (Å²) < 4.78 is 5.62. The Morgan fingerprint density at radius 2 is 1.40 bits per heavy atom. The van der Waals surface area contributed by atoms with Crippen LogP contribution in [-0.2, 0) is 4.74 Å². The largest absolute Gasteiger partial charge is 0.507 e. The quantitative estimate of drug-likeness (QED) is 0.321. The van der Waals surface area contributed by atoms with E-state index in [1.54, 1.807) is 60.7 Å². The van der Waals surface area contributed by atoms with E-state index in [0.717, 1.165) is 10.8 Å². The monoisotopic (exact) mass is 416 g/mol. The molecule has 0 radical (unpaired) electrons. The first kappa shape index (κ1) is 19.7. The third-order valence-corrected chi connectivity index (χ3v) is 5.03. The second-order valence-corrected chi connectivity index (χ2v) is 7.22. The summed E-state index contributed by atoms with van der Waals surface area (Å²) in [7, 11) is 0. The first-order chi connectivity index (χ1) is 14.5. The van der Waals surface area contributed by atoms with E-state index in [0.29, 0.717) is 16.1 Å². The van der Waals surface area contributed by atoms with Gasteiger partial charge in [0, 0.05) is 16.1 Å². The molecule has 4 rings (SSSR count). The number of benzene rings is 4. The van der Waals surface area contributed by atoms with E-state index in [1.807, 2.05) is 24.3 Å². The topological polar surface area (TPSA) is 63.6 Å². The van der Waals surface area contributed by atoms with Crippen LogP contribution in [-0.4, -0.2) is 16.9 Å². The summed E-state index contributed by atoms with van der Waals surface area (Å²) in [6.45, 7) is 0. The van der Waals surface area contributed by atoms with Gasteiger partial charge in [-0.2, -0.15) is 0 Å². The van der Waals surface area contributed by atoms with Crippen LogP contribution in [0.2, 0.25) is 5.02 Å². The van der Waals surface area contributed by atoms with Gasteiger partial charge in [-0.3, -0.25) is 4.79 Å². The molecule has 0 fully saturated rings. The molecule has 4 aromatic rings. The van der Waals surface area contributed by atoms with Gasteiger partial charge in [0.25, 0.3) is 0 Å². The van der Waals surface area contributed by atoms with Crippen molar-refractivity contribution in [2.75, 3.05) is 0 Å². The third-order valence-electron chi connectivity index (χ3n) is 4.78. The summed E-state index contributed by atoms with van der Waals surface area (Å²) in [6, 6.07) is 25.5. The number of halogens is 1. The zero-order chi connectivity index (χ0) is 21.1. The molecule has 0 amide bonds. The van der Waals surface area contributed by atoms with Crippen LogP contribution in [0.5, 0.6) is 5.75 Å². The predicted molar refractivity (Wildman–Crippen MR) is 116 cm³/mol. The molecule has 0 aliphatic heterocycles. The lowest BCUT2D eigenvalue weighted by atomic mass is 9.99. The summed E-state index contributed by atoms with van der Waals surface area (Å²) in [5.74, 6) is -1.37. The van der Waals surface area contributed by atoms with Gasteiger partial charge in [0.1, 0.15) is 11.3 Å². The van der Waals surface area contributed by atoms with Crippen molar-refractivity contribution in [3.8, 4) is 5.75 Å². The van der Waals surface area contributed by atoms with Crippen molar-refractivity contribution in [2.45, 2.75) is 6.10 Å². The summed E-state index contributed by atoms with van der Waals surface area (Å²) >= 11 is 5.97. The molecule has 4 nitrogen and oxygen atoms in total. The van der Waals surface area contributed by atoms with Gasteiger partial charge in [-0.15, -0.1) is 0 Å². The highest BCUT2D eigenvalue weighted by atomic mass is 35.5. The Hall–Kier alpha value is -3.63. The maximum atomic E-state index is 13.1. The number of fused-ring (bicyclic) bond motifs is 1. The lowest BCUT2D eigenvalue weighted by Gasteiger charge is -2.18. The van der Waals surface area contributed by atoms with E-state index in [2.05, 4.69) is 0 Å². The Kier molecular flexibility index (Phi) is 5.50. The SMILES string of the molecule is O=C(OC(C(=O)c1ccccc1)c1ccc(Cl)cc1)c1cc2ccccc2cc1O. The highest BCUT2D eigenvalue weighted by molar-refractivity contribution is 6.30. The van der Waals surface area contributed by atoms with Crippen molar-refractivity contribution in [1.29, 1.82) is 0 Å². The van der Waals surface area contributed by atoms with Crippen LogP contribution in [0.1, 0.15) is 32.4 Å². The number of phenolic OH excluding ortho intramolecular Hbond substituents is 1. The average molecular weight is 417 g/mol. The molecule has 0 aliphatic carbocycles. The zero-order valence-electron chi connectivity index (χ0n) is 15.8. The molecule has 30 heavy (non-hydrogen) atoms. The van der Waals surface area contributed by atoms with E-state index in [9.17, 15) is 14.7 Å². The number of hydrogen-bond donors (Lipinski definition) is 1. The molecule has 1 unspecified atom stereocenters. The predicted octanol–water partition coefficient (Wildman–Crippen LogP) is 5.98. The molecule has 1 atom stereocenters. The minimum absolute atomic E-state index is 0.00600. The molecule has 0 heterocycles. The molecule has 0 aromatic heterocycles. The lowest BCUT2D eigenvalue weighted by molar-refractivity contribution is 0.0277. The van der Waals surface area contributed by atoms with E-state index in [1.165, 1.54) is 6.07 Å². The van der Waals surface area contributed by atoms with E-state index in [-0.39, 0.29) is 17.1 Å². The van der Waals surface area contributed by atoms with Crippen LogP contribution in [0.15, 0.2) is 91.0 Å². The van der Waals surface area contributed by atoms with Gasteiger partial charge in [0.15, 0.2) is 6.10 Å². The summed E-state index contributed by atoms with van der Waals surface area (Å²) in [4.78, 5) is 26.1. The third kappa shape index (κ3) is 4.04. The van der Waals surface area contributed by atoms with E-state index in [4.69, 9.17) is 16.3 Å². The second kappa shape index (κ2) is 8.39. The standard InChI is InChI=1S/C25H17ClO4/c26-20-12-10-17(11-13-20)24(23(28)16-6-2-1-3-7-16)30-25(29)21-14-18-8-4-5-9-19(18)15-22(21)27/h1-15,24,27H. The van der Waals surface area contributed by atoms with Gasteiger partial charge < -0.3 is 9.84 Å². The maximum absolute atomic E-state index is 13.1. The molecule has 0 saturated heterocycles. The number of hydrogen-bond acceptors (Lipinski definition) is 4. The first-order valence-electron chi connectivity index (χ1n) is 9.30. The number of rotatable bonds is 5. The van der Waals surface area contributed by atoms with Crippen molar-refractivity contribution >= 4 is 34.1 Å². The molecular formula is C25H17ClO4. The number of esters is 1. The smallest absolute Gasteiger partial charge is 0.343 e. The number of carbonyl (C=O) groups is 2. The van der Waals surface area contributed by atoms with Crippen LogP contribution in [0.3, 0.4) is 0 Å². The molecule has 0 bridgehead atoms. The molecule has 1 N–H and O–H groups in total. The van der Waals surface area contributed by atoms with Gasteiger partial charge in [0.2, 0.25) is 5.78 Å². The molecule has 0 spiro atoms. The molecule has 5 heteroatoms. The molecular weight excluding hydrogens is 400 g/mol. The van der Waals surface area contributed by atoms with Crippen molar-refractivity contribution < 1.29 is 19.4 Å². The highest BCUT2D eigenvalue weighted by Crippen LogP contribution is 2.29. The number of aromatic hydroxyl groups is 1. The van der Waals surface area contributed by atoms with Crippen molar-refractivity contribution in [3.05, 3.63) is 113 Å². The second-order valence-electron chi connectivity index (χ2n) is 6.78. The van der Waals surface area contributed by atoms with Crippen molar-refractivity contribution in [1.82, 2.24) is 0 Å². The van der Waals surface area contributed by atoms with Crippen molar-refractivity contribution in [3.63, 3.8) is 0 Å². The van der Waals surface area contributed by atoms with Crippen LogP contribution in [0.25, 0.3) is 10.8 Å². The zero-order valence-corrected chi connectivity index (χ0v) is 16.5. The number of phenols is 1. The molecule has 0 aliphatic rings. The fraction of sp³-hybridized carbons (Fsp3) is 0.0400. The Morgan fingerprint density at radius 1 is 0.800 bits per heavy atom. The Labute approximate surface area is 178 Å². The van der Waals surface area contributed by atoms with Crippen molar-refractivity contribution in [2.24, 2.45) is 0 Å². The van der Waals surface area contributed by atoms with Gasteiger partial charge in [-0.05, 0) is 35.0 Å². The summed E-state index contributed by atoms with van der Waals surface area (Å²) in [5.41, 5.74) is 0.892. The van der Waals surface area contributed by atoms with Crippen LogP contribution >= 0.6 is 11.6 Å². The fourth-order valence-electron chi connectivity index (χ4n) is 3.23. The number of Topliss-reactive ketones (excluding diaryl/α,β-unsaturated/α-hetero) is 1. The van der Waals surface area contributed by atoms with Crippen LogP contribution < -0.4 is 0 Å². The lowest BCUT2D eigenvalue weighted by Crippen LogP contribution is -2.20. The minimum Gasteiger partial charge on any atom is -0.507 e. The van der Waals surface area contributed by atoms with E-state index >= 15 is 0 Å². The molecule has 4 aromatic carbocycles. The summed E-state index contributed by atoms with van der Waals surface area (Å²) in [6.07, 6.45) is -1.18. The fourth-order valence-corrected chi connectivity index (χ4v) is 3.35. The van der Waals surface area contributed by atoms with Gasteiger partial charge in [-0.25, -0.2) is 4.79 Å². The Balaban J connectivity index is 1.71. The Morgan fingerprint density at radius 3 is 2.07 bits per heavy atom. The maximum Gasteiger partial charge on any atom is 0.343 e. The Bertz CT molecular complexity index is 1220. The molecule has 0 saturated carbocycles. The summed E-state index contributed by atoms with van der Waals surface area (Å²) in [5, 5.41) is 12.4. The van der Waals surface area contributed by atoms with Gasteiger partial charge in [0.05, 0.1) is 0 Å². The molecule has 148 valence electrons. The average Bonchev–Trinajstić information content (AvgIpc) is 2.77. The minimum atomic E-state index is -1.18. The van der Waals surface area contributed by atoms with Crippen LogP contribution in [0, 0.1) is 0 Å². The number of carbonyl (C=O) groups excluding carboxylic acids is 2. The number of ketones is 1. The normalized spacial score (nSPS) is 11.8. The first-order valence-corrected chi connectivity index (χ1v) is 9.68.